The highest BCUT2D eigenvalue weighted by molar-refractivity contribution is 7.85. The molecule has 0 fully saturated rings. The lowest BCUT2D eigenvalue weighted by atomic mass is 9.81. The van der Waals surface area contributed by atoms with Crippen LogP contribution in [0.3, 0.4) is 0 Å². The topological polar surface area (TPSA) is 429 Å². The Balaban J connectivity index is 0.000000129. The number of hydrogen-bond donors (Lipinski definition) is 8. The number of nitrogens with zero attached hydrogens (tertiary/aromatic N) is 6. The van der Waals surface area contributed by atoms with E-state index in [-0.39, 0.29) is 110 Å². The number of esters is 4. The summed E-state index contributed by atoms with van der Waals surface area (Å²) in [5.74, 6) is -5.10. The van der Waals surface area contributed by atoms with Crippen LogP contribution in [-0.2, 0) is 133 Å². The van der Waals surface area contributed by atoms with Gasteiger partial charge in [-0.3, -0.25) is 33.3 Å². The number of amides is 2. The summed E-state index contributed by atoms with van der Waals surface area (Å²) in [6, 6.07) is 7.79. The van der Waals surface area contributed by atoms with Gasteiger partial charge in [0.2, 0.25) is 5.91 Å². The Hall–Kier alpha value is -10.9. The first kappa shape index (κ1) is 76.4. The molecule has 9 N–H and O–H groups in total. The molecule has 12 heterocycles. The molecule has 33 heteroatoms. The number of ether oxygens (including phenoxy) is 4. The van der Waals surface area contributed by atoms with Crippen LogP contribution in [0, 0.1) is 38.2 Å². The number of halogens is 3. The number of nitrogens with two attached hydrogens (primary N) is 1. The highest BCUT2D eigenvalue weighted by Gasteiger charge is 2.50. The molecule has 6 atom stereocenters. The second-order valence-corrected chi connectivity index (χ2v) is 31.0. The minimum absolute atomic E-state index is 0.00920. The zero-order valence-corrected chi connectivity index (χ0v) is 62.7. The van der Waals surface area contributed by atoms with E-state index in [4.69, 9.17) is 44.2 Å². The number of hydrogen-bond acceptors (Lipinski definition) is 23. The first-order valence-corrected chi connectivity index (χ1v) is 38.3. The Bertz CT molecular complexity index is 6110. The van der Waals surface area contributed by atoms with Crippen molar-refractivity contribution in [2.24, 2.45) is 5.73 Å². The summed E-state index contributed by atoms with van der Waals surface area (Å²) in [7, 11) is -3.67. The van der Waals surface area contributed by atoms with Crippen LogP contribution >= 0.6 is 0 Å². The Kier molecular flexibility index (Phi) is 18.7. The van der Waals surface area contributed by atoms with E-state index >= 15 is 0 Å². The lowest BCUT2D eigenvalue weighted by Crippen LogP contribution is -2.44. The van der Waals surface area contributed by atoms with Crippen molar-refractivity contribution in [2.45, 2.75) is 181 Å². The maximum Gasteiger partial charge on any atom is 0.343 e. The van der Waals surface area contributed by atoms with Crippen LogP contribution in [-0.4, -0.2) is 117 Å². The lowest BCUT2D eigenvalue weighted by Gasteiger charge is -2.31. The minimum Gasteiger partial charge on any atom is -0.458 e. The first-order valence-electron chi connectivity index (χ1n) is 36.5. The van der Waals surface area contributed by atoms with Gasteiger partial charge in [0.05, 0.1) is 105 Å². The van der Waals surface area contributed by atoms with Gasteiger partial charge in [-0.25, -0.2) is 42.5 Å². The molecular formula is C79H76F3N9O20S. The fraction of sp³-hybridized carbons (Fsp3) is 0.392. The Morgan fingerprint density at radius 1 is 0.536 bits per heavy atom. The van der Waals surface area contributed by atoms with E-state index < -0.39 is 111 Å². The molecule has 0 saturated carbocycles. The molecule has 0 bridgehead atoms. The fourth-order valence-corrected chi connectivity index (χ4v) is 17.6. The summed E-state index contributed by atoms with van der Waals surface area (Å²) in [6.07, 6.45) is 4.16. The quantitative estimate of drug-likeness (QED) is 0.0506. The number of pyridine rings is 6. The Morgan fingerprint density at radius 2 is 0.848 bits per heavy atom. The zero-order chi connectivity index (χ0) is 80.3. The number of fused-ring (bicyclic) bond motifs is 15. The van der Waals surface area contributed by atoms with Crippen molar-refractivity contribution in [1.82, 2.24) is 39.3 Å². The molecule has 0 unspecified atom stereocenters. The predicted octanol–water partition coefficient (Wildman–Crippen LogP) is 5.79. The van der Waals surface area contributed by atoms with Crippen LogP contribution in [0.15, 0.2) is 50.8 Å². The minimum atomic E-state index is -3.67. The van der Waals surface area contributed by atoms with Gasteiger partial charge in [0, 0.05) is 80.7 Å². The molecule has 0 saturated heterocycles. The molecule has 9 aromatic rings. The number of rotatable bonds is 8. The van der Waals surface area contributed by atoms with Gasteiger partial charge in [-0.2, -0.15) is 8.42 Å². The maximum atomic E-state index is 15.0. The van der Waals surface area contributed by atoms with Crippen molar-refractivity contribution in [1.29, 1.82) is 0 Å². The standard InChI is InChI=1S/C28H26FN3O7.C26H24FN3O6.C24H22FN3O4.CH4O3S/c1-4-28(37)17-7-21-25-15(9-32(21)26(35)16(17)10-39-27(28)36)24-19(30-22(34)11-38-13(3)33)6-5-14-12(2)18(29)8-20(31-25)23(14)24;1-3-26(35)15-6-19-23-13(8-30(19)24(33)14(15)10-36-25(26)34)22-17(28-20(32)9-31)5-4-12-11(2)16(27)7-18(29-23)21(12)22;1-3-24(31)14-6-18-21-12(8-28(18)22(29)13(14)9-32-23(24)30)19-16(26)5-4-11-10(2)15(25)7-17(27-21)20(11)19;1-5(2,3)4/h7-8,19,37H,4-6,9-11H2,1-3H3,(H,30,34);6-7,17,31,35H,3-5,8-10H2,1-2H3,(H,28,32);6-7,16,31H,3-5,8-9,26H2,1-2H3;1H3,(H,2,3,4)/t19-,28-;17-,26-;16-,24-;/m000./s1. The molecule has 0 radical (unpaired) electrons. The number of cyclic esters (lactones) is 3. The molecular weight excluding hydrogens is 1480 g/mol. The van der Waals surface area contributed by atoms with E-state index in [1.54, 1.807) is 64.3 Å². The smallest absolute Gasteiger partial charge is 0.343 e. The number of carbonyl (C=O) groups is 6. The molecule has 3 aromatic carbocycles. The van der Waals surface area contributed by atoms with Gasteiger partial charge < -0.3 is 69.4 Å². The molecule has 29 nitrogen and oxygen atoms in total. The summed E-state index contributed by atoms with van der Waals surface area (Å²) < 4.78 is 95.2. The maximum absolute atomic E-state index is 15.0. The molecule has 9 aliphatic rings. The van der Waals surface area contributed by atoms with E-state index in [9.17, 15) is 85.2 Å². The third-order valence-electron chi connectivity index (χ3n) is 23.4. The molecule has 3 aliphatic carbocycles. The number of aryl methyl sites for hydroxylation is 3. The van der Waals surface area contributed by atoms with Crippen LogP contribution in [0.2, 0.25) is 0 Å². The van der Waals surface area contributed by atoms with Crippen LogP contribution < -0.4 is 33.0 Å². The lowest BCUT2D eigenvalue weighted by molar-refractivity contribution is -0.172. The fourth-order valence-electron chi connectivity index (χ4n) is 17.6. The van der Waals surface area contributed by atoms with Gasteiger partial charge in [-0.1, -0.05) is 20.8 Å². The summed E-state index contributed by atoms with van der Waals surface area (Å²) in [5.41, 5.74) is 13.7. The van der Waals surface area contributed by atoms with Crippen LogP contribution in [0.25, 0.3) is 66.9 Å². The van der Waals surface area contributed by atoms with Gasteiger partial charge in [0.1, 0.15) is 43.9 Å². The van der Waals surface area contributed by atoms with Crippen molar-refractivity contribution in [2.75, 3.05) is 19.5 Å². The monoisotopic (exact) mass is 1560 g/mol. The Labute approximate surface area is 634 Å². The Morgan fingerprint density at radius 3 is 1.17 bits per heavy atom. The molecule has 112 heavy (non-hydrogen) atoms. The van der Waals surface area contributed by atoms with Gasteiger partial charge in [-0.05, 0) is 147 Å². The molecule has 6 aliphatic heterocycles. The number of benzene rings is 3. The molecule has 2 amide bonds. The predicted molar refractivity (Wildman–Crippen MR) is 393 cm³/mol. The largest absolute Gasteiger partial charge is 0.458 e. The summed E-state index contributed by atoms with van der Waals surface area (Å²) >= 11 is 0. The summed E-state index contributed by atoms with van der Waals surface area (Å²) in [5, 5.41) is 50.7. The highest BCUT2D eigenvalue weighted by atomic mass is 32.2. The van der Waals surface area contributed by atoms with Crippen LogP contribution in [0.1, 0.15) is 184 Å². The van der Waals surface area contributed by atoms with Gasteiger partial charge in [0.25, 0.3) is 32.7 Å². The normalized spacial score (nSPS) is 21.2. The average Bonchev–Trinajstić information content (AvgIpc) is 1.52. The first-order chi connectivity index (χ1) is 53.0. The van der Waals surface area contributed by atoms with Gasteiger partial charge in [-0.15, -0.1) is 0 Å². The SMILES string of the molecule is CC[C@@]1(O)C(=O)OCc2c1cc1n(c2=O)Cc2c-1nc1cc(F)c(C)c3c1c2[C@@H](N)CC3.CC[C@@]1(O)C(=O)OCc2c1cc1n(c2=O)Cc2c-1nc1cc(F)c(C)c3c1c2[C@@H](NC(=O)CO)CC3.CC[C@@]1(O)C(=O)OCc2c1cc1n(c2=O)Cc2c-1nc1cc(F)c(C)c3c1c2[C@@H](NC(=O)COC(C)=O)CC3.CS(=O)(=O)O. The third kappa shape index (κ3) is 11.9. The highest BCUT2D eigenvalue weighted by Crippen LogP contribution is 2.50. The van der Waals surface area contributed by atoms with Crippen molar-refractivity contribution in [3.8, 4) is 34.2 Å². The number of carbonyl (C=O) groups excluding carboxylic acids is 6. The zero-order valence-electron chi connectivity index (χ0n) is 61.9. The van der Waals surface area contributed by atoms with Crippen molar-refractivity contribution < 1.29 is 94.3 Å². The third-order valence-corrected chi connectivity index (χ3v) is 23.4. The van der Waals surface area contributed by atoms with E-state index in [1.807, 2.05) is 0 Å². The van der Waals surface area contributed by atoms with E-state index in [2.05, 4.69) is 10.6 Å². The van der Waals surface area contributed by atoms with Crippen molar-refractivity contribution in [3.63, 3.8) is 0 Å². The molecule has 584 valence electrons. The second kappa shape index (κ2) is 27.5. The van der Waals surface area contributed by atoms with Crippen LogP contribution in [0.5, 0.6) is 0 Å². The second-order valence-electron chi connectivity index (χ2n) is 29.6. The number of aliphatic hydroxyl groups excluding tert-OH is 1. The average molecular weight is 1560 g/mol. The summed E-state index contributed by atoms with van der Waals surface area (Å²) in [6.45, 7) is 10.1. The summed E-state index contributed by atoms with van der Waals surface area (Å²) in [4.78, 5) is 128. The molecule has 0 spiro atoms. The van der Waals surface area contributed by atoms with E-state index in [0.29, 0.717) is 123 Å². The number of aliphatic hydroxyl groups is 4. The number of aromatic nitrogens is 6. The molecule has 6 aromatic heterocycles. The van der Waals surface area contributed by atoms with E-state index in [1.165, 1.54) is 34.3 Å². The number of nitrogens with one attached hydrogen (secondary N) is 2. The van der Waals surface area contributed by atoms with E-state index in [0.717, 1.165) is 55.1 Å². The molecule has 18 rings (SSSR count). The van der Waals surface area contributed by atoms with Gasteiger partial charge >= 0.3 is 23.9 Å². The van der Waals surface area contributed by atoms with Crippen molar-refractivity contribution >= 4 is 78.5 Å². The van der Waals surface area contributed by atoms with Gasteiger partial charge in [0.15, 0.2) is 23.4 Å². The van der Waals surface area contributed by atoms with Crippen molar-refractivity contribution in [3.05, 3.63) is 185 Å². The van der Waals surface area contributed by atoms with Crippen LogP contribution in [0.4, 0.5) is 13.2 Å².